The van der Waals surface area contributed by atoms with Gasteiger partial charge in [-0.1, -0.05) is 25.5 Å². The minimum atomic E-state index is -0.0428. The maximum atomic E-state index is 9.64. The second-order valence-electron chi connectivity index (χ2n) is 5.20. The molecule has 17 heavy (non-hydrogen) atoms. The Morgan fingerprint density at radius 3 is 2.82 bits per heavy atom. The molecular weight excluding hydrogens is 214 g/mol. The Bertz CT molecular complexity index is 378. The molecule has 0 aromatic heterocycles. The smallest absolute Gasteiger partial charge is 0.161 e. The molecule has 1 aliphatic rings. The molecule has 1 fully saturated rings. The summed E-state index contributed by atoms with van der Waals surface area (Å²) in [5, 5.41) is 22.4. The summed E-state index contributed by atoms with van der Waals surface area (Å²) < 4.78 is 0. The first-order chi connectivity index (χ1) is 8.16. The van der Waals surface area contributed by atoms with E-state index < -0.39 is 0 Å². The normalized spacial score (nSPS) is 24.1. The van der Waals surface area contributed by atoms with Crippen LogP contribution >= 0.6 is 0 Å². The molecule has 0 amide bonds. The van der Waals surface area contributed by atoms with E-state index in [2.05, 4.69) is 12.2 Å². The Labute approximate surface area is 102 Å². The summed E-state index contributed by atoms with van der Waals surface area (Å²) in [7, 11) is 0. The van der Waals surface area contributed by atoms with Crippen molar-refractivity contribution >= 4 is 0 Å². The Kier molecular flexibility index (Phi) is 3.89. The molecule has 0 radical (unpaired) electrons. The first-order valence-corrected chi connectivity index (χ1v) is 6.37. The van der Waals surface area contributed by atoms with Crippen molar-refractivity contribution in [1.82, 2.24) is 5.32 Å². The van der Waals surface area contributed by atoms with Gasteiger partial charge in [-0.05, 0) is 37.3 Å². The summed E-state index contributed by atoms with van der Waals surface area (Å²) in [6.07, 6.45) is 3.95. The van der Waals surface area contributed by atoms with Gasteiger partial charge < -0.3 is 15.5 Å². The lowest BCUT2D eigenvalue weighted by Crippen LogP contribution is -2.21. The van der Waals surface area contributed by atoms with E-state index in [0.717, 1.165) is 23.9 Å². The van der Waals surface area contributed by atoms with Gasteiger partial charge in [-0.3, -0.25) is 0 Å². The van der Waals surface area contributed by atoms with Gasteiger partial charge in [0.1, 0.15) is 0 Å². The highest BCUT2D eigenvalue weighted by Gasteiger charge is 2.20. The number of hydrogen-bond donors (Lipinski definition) is 3. The molecule has 2 atom stereocenters. The van der Waals surface area contributed by atoms with Crippen LogP contribution in [0.1, 0.15) is 31.7 Å². The molecule has 2 rings (SSSR count). The van der Waals surface area contributed by atoms with Gasteiger partial charge in [-0.25, -0.2) is 0 Å². The van der Waals surface area contributed by atoms with Crippen LogP contribution < -0.4 is 5.32 Å². The number of rotatable bonds is 4. The fourth-order valence-corrected chi connectivity index (χ4v) is 2.64. The van der Waals surface area contributed by atoms with Crippen LogP contribution in [0.25, 0.3) is 0 Å². The number of aromatic hydroxyl groups is 2. The summed E-state index contributed by atoms with van der Waals surface area (Å²) >= 11 is 0. The lowest BCUT2D eigenvalue weighted by Gasteiger charge is -2.12. The first kappa shape index (κ1) is 12.2. The number of hydrogen-bond acceptors (Lipinski definition) is 3. The number of phenols is 2. The van der Waals surface area contributed by atoms with Crippen LogP contribution in [0, 0.1) is 11.8 Å². The minimum absolute atomic E-state index is 0.000194. The summed E-state index contributed by atoms with van der Waals surface area (Å²) in [6.45, 7) is 3.92. The fourth-order valence-electron chi connectivity index (χ4n) is 2.64. The van der Waals surface area contributed by atoms with Crippen LogP contribution in [-0.4, -0.2) is 16.8 Å². The highest BCUT2D eigenvalue weighted by Crippen LogP contribution is 2.30. The first-order valence-electron chi connectivity index (χ1n) is 6.37. The van der Waals surface area contributed by atoms with Crippen LogP contribution in [0.5, 0.6) is 11.5 Å². The van der Waals surface area contributed by atoms with Crippen molar-refractivity contribution in [3.05, 3.63) is 23.8 Å². The van der Waals surface area contributed by atoms with Gasteiger partial charge in [0.05, 0.1) is 0 Å². The van der Waals surface area contributed by atoms with E-state index in [1.165, 1.54) is 25.3 Å². The zero-order valence-electron chi connectivity index (χ0n) is 10.3. The number of para-hydroxylation sites is 1. The maximum absolute atomic E-state index is 9.64. The molecule has 1 aliphatic carbocycles. The van der Waals surface area contributed by atoms with E-state index in [9.17, 15) is 10.2 Å². The molecule has 94 valence electrons. The van der Waals surface area contributed by atoms with Crippen molar-refractivity contribution in [3.63, 3.8) is 0 Å². The van der Waals surface area contributed by atoms with E-state index >= 15 is 0 Å². The molecule has 0 aliphatic heterocycles. The predicted molar refractivity (Wildman–Crippen MR) is 68.0 cm³/mol. The zero-order valence-corrected chi connectivity index (χ0v) is 10.3. The van der Waals surface area contributed by atoms with E-state index in [0.29, 0.717) is 6.54 Å². The molecule has 0 spiro atoms. The second kappa shape index (κ2) is 5.41. The molecule has 1 aromatic carbocycles. The van der Waals surface area contributed by atoms with Crippen LogP contribution in [0.15, 0.2) is 18.2 Å². The maximum Gasteiger partial charge on any atom is 0.161 e. The van der Waals surface area contributed by atoms with Gasteiger partial charge in [0, 0.05) is 12.1 Å². The van der Waals surface area contributed by atoms with Gasteiger partial charge in [-0.2, -0.15) is 0 Å². The Balaban J connectivity index is 1.80. The SMILES string of the molecule is CC1CCC(CNCc2cccc(O)c2O)C1. The van der Waals surface area contributed by atoms with Crippen LogP contribution in [-0.2, 0) is 6.54 Å². The van der Waals surface area contributed by atoms with Gasteiger partial charge >= 0.3 is 0 Å². The van der Waals surface area contributed by atoms with Gasteiger partial charge in [0.2, 0.25) is 0 Å². The number of phenolic OH excluding ortho intramolecular Hbond substituents is 2. The lowest BCUT2D eigenvalue weighted by atomic mass is 10.1. The monoisotopic (exact) mass is 235 g/mol. The van der Waals surface area contributed by atoms with E-state index in [1.807, 2.05) is 6.07 Å². The molecular formula is C14H21NO2. The zero-order chi connectivity index (χ0) is 12.3. The number of nitrogens with one attached hydrogen (secondary N) is 1. The van der Waals surface area contributed by atoms with Crippen LogP contribution in [0.3, 0.4) is 0 Å². The lowest BCUT2D eigenvalue weighted by molar-refractivity contribution is 0.395. The molecule has 2 unspecified atom stereocenters. The van der Waals surface area contributed by atoms with Gasteiger partial charge in [-0.15, -0.1) is 0 Å². The third kappa shape index (κ3) is 3.13. The van der Waals surface area contributed by atoms with Gasteiger partial charge in [0.25, 0.3) is 0 Å². The predicted octanol–water partition coefficient (Wildman–Crippen LogP) is 2.62. The number of benzene rings is 1. The fraction of sp³-hybridized carbons (Fsp3) is 0.571. The minimum Gasteiger partial charge on any atom is -0.504 e. The highest BCUT2D eigenvalue weighted by molar-refractivity contribution is 5.44. The van der Waals surface area contributed by atoms with Crippen molar-refractivity contribution in [3.8, 4) is 11.5 Å². The Hall–Kier alpha value is -1.22. The largest absolute Gasteiger partial charge is 0.504 e. The standard InChI is InChI=1S/C14H21NO2/c1-10-5-6-11(7-10)8-15-9-12-3-2-4-13(16)14(12)17/h2-4,10-11,15-17H,5-9H2,1H3. The summed E-state index contributed by atoms with van der Waals surface area (Å²) in [5.41, 5.74) is 0.760. The average molecular weight is 235 g/mol. The molecule has 1 saturated carbocycles. The average Bonchev–Trinajstić information content (AvgIpc) is 2.70. The molecule has 3 heteroatoms. The van der Waals surface area contributed by atoms with E-state index in [-0.39, 0.29) is 11.5 Å². The van der Waals surface area contributed by atoms with Crippen molar-refractivity contribution in [2.45, 2.75) is 32.7 Å². The van der Waals surface area contributed by atoms with E-state index in [1.54, 1.807) is 6.07 Å². The van der Waals surface area contributed by atoms with Crippen molar-refractivity contribution in [1.29, 1.82) is 0 Å². The van der Waals surface area contributed by atoms with Crippen LogP contribution in [0.4, 0.5) is 0 Å². The van der Waals surface area contributed by atoms with Crippen molar-refractivity contribution in [2.24, 2.45) is 11.8 Å². The Morgan fingerprint density at radius 1 is 1.29 bits per heavy atom. The third-order valence-corrected chi connectivity index (χ3v) is 3.65. The summed E-state index contributed by atoms with van der Waals surface area (Å²) in [4.78, 5) is 0. The van der Waals surface area contributed by atoms with Crippen molar-refractivity contribution in [2.75, 3.05) is 6.54 Å². The molecule has 1 aromatic rings. The quantitative estimate of drug-likeness (QED) is 0.703. The molecule has 0 saturated heterocycles. The molecule has 0 bridgehead atoms. The van der Waals surface area contributed by atoms with Crippen molar-refractivity contribution < 1.29 is 10.2 Å². The molecule has 3 nitrogen and oxygen atoms in total. The van der Waals surface area contributed by atoms with Crippen LogP contribution in [0.2, 0.25) is 0 Å². The summed E-state index contributed by atoms with van der Waals surface area (Å²) in [6, 6.07) is 5.08. The van der Waals surface area contributed by atoms with E-state index in [4.69, 9.17) is 0 Å². The topological polar surface area (TPSA) is 52.5 Å². The van der Waals surface area contributed by atoms with Gasteiger partial charge in [0.15, 0.2) is 11.5 Å². The molecule has 3 N–H and O–H groups in total. The summed E-state index contributed by atoms with van der Waals surface area (Å²) in [5.74, 6) is 1.58. The highest BCUT2D eigenvalue weighted by atomic mass is 16.3. The second-order valence-corrected chi connectivity index (χ2v) is 5.20. The third-order valence-electron chi connectivity index (χ3n) is 3.65. The Morgan fingerprint density at radius 2 is 2.12 bits per heavy atom. The molecule has 0 heterocycles.